The fourth-order valence-electron chi connectivity index (χ4n) is 5.36. The number of nitrogens with zero attached hydrogens (tertiary/aromatic N) is 4. The molecule has 3 amide bonds. The van der Waals surface area contributed by atoms with Crippen molar-refractivity contribution in [3.63, 3.8) is 0 Å². The summed E-state index contributed by atoms with van der Waals surface area (Å²) in [4.78, 5) is 31.3. The van der Waals surface area contributed by atoms with E-state index in [0.717, 1.165) is 18.9 Å². The summed E-state index contributed by atoms with van der Waals surface area (Å²) in [5.41, 5.74) is -1.39. The Morgan fingerprint density at radius 2 is 1.86 bits per heavy atom. The van der Waals surface area contributed by atoms with Gasteiger partial charge >= 0.3 is 12.2 Å². The van der Waals surface area contributed by atoms with Crippen LogP contribution in [-0.4, -0.2) is 66.5 Å². The third-order valence-electron chi connectivity index (χ3n) is 7.62. The molecule has 4 rings (SSSR count). The van der Waals surface area contributed by atoms with Crippen molar-refractivity contribution in [1.82, 2.24) is 15.1 Å². The third-order valence-corrected chi connectivity index (χ3v) is 7.62. The van der Waals surface area contributed by atoms with E-state index >= 15 is 0 Å². The number of nitrogens with one attached hydrogen (secondary N) is 1. The molecular formula is C25H32F3N5O2. The van der Waals surface area contributed by atoms with Gasteiger partial charge in [0.25, 0.3) is 0 Å². The van der Waals surface area contributed by atoms with Crippen LogP contribution in [0.1, 0.15) is 57.1 Å². The third kappa shape index (κ3) is 5.19. The van der Waals surface area contributed by atoms with Crippen LogP contribution in [-0.2, 0) is 11.0 Å². The second-order valence-corrected chi connectivity index (χ2v) is 9.91. The molecule has 1 spiro atoms. The minimum atomic E-state index is -4.67. The normalized spacial score (nSPS) is 21.7. The number of likely N-dealkylation sites (tertiary alicyclic amines) is 1. The number of anilines is 1. The molecule has 1 saturated carbocycles. The van der Waals surface area contributed by atoms with Crippen LogP contribution in [0.15, 0.2) is 18.2 Å². The zero-order chi connectivity index (χ0) is 25.4. The van der Waals surface area contributed by atoms with Crippen LogP contribution >= 0.6 is 0 Å². The Morgan fingerprint density at radius 3 is 2.40 bits per heavy atom. The molecule has 35 heavy (non-hydrogen) atoms. The topological polar surface area (TPSA) is 79.7 Å². The van der Waals surface area contributed by atoms with E-state index in [-0.39, 0.29) is 23.4 Å². The number of hydrogen-bond donors (Lipinski definition) is 1. The summed E-state index contributed by atoms with van der Waals surface area (Å²) in [6.07, 6.45) is -0.929. The molecule has 1 unspecified atom stereocenters. The molecule has 1 aromatic rings. The standard InChI is InChI=1S/C25H32F3N5O2/c1-3-31(4-2)23(35)32-11-9-24(10-12-32)14-21(22(34)30-18-6-7-18)33(16-24)19-8-5-17(15-29)20(13-19)25(26,27)28/h5,8,13,18,21H,3-4,6-7,9-12,14,16H2,1-2H3,(H,30,34). The van der Waals surface area contributed by atoms with Gasteiger partial charge < -0.3 is 20.0 Å². The lowest BCUT2D eigenvalue weighted by molar-refractivity contribution is -0.137. The van der Waals surface area contributed by atoms with Crippen molar-refractivity contribution in [3.05, 3.63) is 29.3 Å². The number of benzene rings is 1. The fourth-order valence-corrected chi connectivity index (χ4v) is 5.36. The van der Waals surface area contributed by atoms with Gasteiger partial charge in [-0.05, 0) is 69.6 Å². The van der Waals surface area contributed by atoms with Gasteiger partial charge in [-0.3, -0.25) is 4.79 Å². The molecule has 7 nitrogen and oxygen atoms in total. The van der Waals surface area contributed by atoms with Crippen molar-refractivity contribution in [1.29, 1.82) is 5.26 Å². The largest absolute Gasteiger partial charge is 0.417 e. The van der Waals surface area contributed by atoms with E-state index in [1.807, 2.05) is 18.7 Å². The highest BCUT2D eigenvalue weighted by molar-refractivity contribution is 5.87. The Labute approximate surface area is 203 Å². The van der Waals surface area contributed by atoms with E-state index in [0.29, 0.717) is 57.7 Å². The zero-order valence-corrected chi connectivity index (χ0v) is 20.2. The lowest BCUT2D eigenvalue weighted by Crippen LogP contribution is -2.49. The first-order valence-corrected chi connectivity index (χ1v) is 12.3. The number of rotatable bonds is 5. The van der Waals surface area contributed by atoms with Crippen LogP contribution in [0.25, 0.3) is 0 Å². The number of carbonyl (C=O) groups excluding carboxylic acids is 2. The maximum absolute atomic E-state index is 13.6. The minimum Gasteiger partial charge on any atom is -0.359 e. The number of nitriles is 1. The van der Waals surface area contributed by atoms with E-state index < -0.39 is 23.3 Å². The summed E-state index contributed by atoms with van der Waals surface area (Å²) in [5, 5.41) is 12.2. The number of piperidine rings is 1. The van der Waals surface area contributed by atoms with E-state index in [2.05, 4.69) is 5.32 Å². The maximum Gasteiger partial charge on any atom is 0.417 e. The van der Waals surface area contributed by atoms with Crippen molar-refractivity contribution in [2.45, 2.75) is 64.2 Å². The Bertz CT molecular complexity index is 1010. The van der Waals surface area contributed by atoms with Crippen LogP contribution in [0, 0.1) is 16.7 Å². The lowest BCUT2D eigenvalue weighted by Gasteiger charge is -2.40. The van der Waals surface area contributed by atoms with Gasteiger partial charge in [0.1, 0.15) is 6.04 Å². The Kier molecular flexibility index (Phi) is 6.89. The Hall–Kier alpha value is -2.96. The summed E-state index contributed by atoms with van der Waals surface area (Å²) in [6, 6.07) is 4.86. The number of amides is 3. The van der Waals surface area contributed by atoms with Gasteiger partial charge in [-0.15, -0.1) is 0 Å². The van der Waals surface area contributed by atoms with Gasteiger partial charge in [-0.25, -0.2) is 4.79 Å². The van der Waals surface area contributed by atoms with Crippen LogP contribution in [0.2, 0.25) is 0 Å². The molecule has 2 saturated heterocycles. The molecule has 3 fully saturated rings. The van der Waals surface area contributed by atoms with Crippen LogP contribution in [0.3, 0.4) is 0 Å². The van der Waals surface area contributed by atoms with Crippen molar-refractivity contribution in [2.75, 3.05) is 37.6 Å². The molecule has 1 atom stereocenters. The highest BCUT2D eigenvalue weighted by Crippen LogP contribution is 2.46. The molecule has 190 valence electrons. The monoisotopic (exact) mass is 491 g/mol. The molecule has 1 aromatic carbocycles. The van der Waals surface area contributed by atoms with Crippen molar-refractivity contribution >= 4 is 17.6 Å². The van der Waals surface area contributed by atoms with Crippen molar-refractivity contribution < 1.29 is 22.8 Å². The number of alkyl halides is 3. The van der Waals surface area contributed by atoms with E-state index in [1.165, 1.54) is 12.1 Å². The number of hydrogen-bond acceptors (Lipinski definition) is 4. The first-order chi connectivity index (χ1) is 16.6. The second kappa shape index (κ2) is 9.59. The summed E-state index contributed by atoms with van der Waals surface area (Å²) >= 11 is 0. The van der Waals surface area contributed by atoms with Crippen molar-refractivity contribution in [2.24, 2.45) is 5.41 Å². The predicted octanol–water partition coefficient (Wildman–Crippen LogP) is 3.98. The maximum atomic E-state index is 13.6. The molecule has 3 aliphatic rings. The van der Waals surface area contributed by atoms with Gasteiger partial charge in [0.2, 0.25) is 5.91 Å². The predicted molar refractivity (Wildman–Crippen MR) is 125 cm³/mol. The van der Waals surface area contributed by atoms with E-state index in [4.69, 9.17) is 5.26 Å². The van der Waals surface area contributed by atoms with E-state index in [1.54, 1.807) is 15.9 Å². The Balaban J connectivity index is 1.58. The second-order valence-electron chi connectivity index (χ2n) is 9.91. The molecule has 1 aliphatic carbocycles. The molecule has 0 bridgehead atoms. The van der Waals surface area contributed by atoms with Gasteiger partial charge in [-0.1, -0.05) is 0 Å². The van der Waals surface area contributed by atoms with Gasteiger partial charge in [0.05, 0.1) is 17.2 Å². The minimum absolute atomic E-state index is 0.00430. The summed E-state index contributed by atoms with van der Waals surface area (Å²) < 4.78 is 40.9. The SMILES string of the molecule is CCN(CC)C(=O)N1CCC2(CC1)CC(C(=O)NC1CC1)N(c1ccc(C#N)c(C(F)(F)F)c1)C2. The number of halogens is 3. The number of urea groups is 1. The molecule has 10 heteroatoms. The fraction of sp³-hybridized carbons (Fsp3) is 0.640. The molecule has 2 heterocycles. The van der Waals surface area contributed by atoms with Gasteiger partial charge in [0, 0.05) is 44.5 Å². The lowest BCUT2D eigenvalue weighted by atomic mass is 9.76. The highest BCUT2D eigenvalue weighted by Gasteiger charge is 2.49. The van der Waals surface area contributed by atoms with Crippen LogP contribution in [0.5, 0.6) is 0 Å². The first-order valence-electron chi connectivity index (χ1n) is 12.3. The average Bonchev–Trinajstić information content (AvgIpc) is 3.58. The average molecular weight is 492 g/mol. The summed E-state index contributed by atoms with van der Waals surface area (Å²) in [5.74, 6) is -0.163. The van der Waals surface area contributed by atoms with Crippen molar-refractivity contribution in [3.8, 4) is 6.07 Å². The number of carbonyl (C=O) groups is 2. The molecule has 0 aromatic heterocycles. The van der Waals surface area contributed by atoms with Gasteiger partial charge in [0.15, 0.2) is 0 Å². The molecule has 1 N–H and O–H groups in total. The zero-order valence-electron chi connectivity index (χ0n) is 20.2. The summed E-state index contributed by atoms with van der Waals surface area (Å²) in [7, 11) is 0. The molecular weight excluding hydrogens is 459 g/mol. The summed E-state index contributed by atoms with van der Waals surface area (Å²) in [6.45, 7) is 6.70. The smallest absolute Gasteiger partial charge is 0.359 e. The Morgan fingerprint density at radius 1 is 1.20 bits per heavy atom. The quantitative estimate of drug-likeness (QED) is 0.676. The van der Waals surface area contributed by atoms with Crippen LogP contribution in [0.4, 0.5) is 23.7 Å². The first kappa shape index (κ1) is 25.1. The highest BCUT2D eigenvalue weighted by atomic mass is 19.4. The van der Waals surface area contributed by atoms with Crippen LogP contribution < -0.4 is 10.2 Å². The molecule has 2 aliphatic heterocycles. The van der Waals surface area contributed by atoms with Gasteiger partial charge in [-0.2, -0.15) is 18.4 Å². The molecule has 0 radical (unpaired) electrons. The van der Waals surface area contributed by atoms with E-state index in [9.17, 15) is 22.8 Å².